The van der Waals surface area contributed by atoms with Gasteiger partial charge < -0.3 is 20.4 Å². The van der Waals surface area contributed by atoms with Crippen LogP contribution in [-0.2, 0) is 21.7 Å². The average molecular weight is 467 g/mol. The molecule has 30 heavy (non-hydrogen) atoms. The predicted octanol–water partition coefficient (Wildman–Crippen LogP) is 4.09. The molecule has 0 aliphatic heterocycles. The molecule has 0 bridgehead atoms. The molecular formula is C25H54O4Ti. The molecule has 0 radical (unpaired) electrons. The standard InChI is InChI=1S/C16H33O.3C3H7O.Ti/c1-2-3-4-5-6-7-8-9-10-11-12-13-14-15-16-17;3*1-3(2)4;/h2-16H2,1H3;3*3H,1-2H3;/q4*-1;+4. The second-order valence-corrected chi connectivity index (χ2v) is 8.45. The fourth-order valence-corrected chi connectivity index (χ4v) is 2.30. The third-order valence-corrected chi connectivity index (χ3v) is 3.50. The van der Waals surface area contributed by atoms with Crippen molar-refractivity contribution in [3.05, 3.63) is 0 Å². The fraction of sp³-hybridized carbons (Fsp3) is 1.00. The largest absolute Gasteiger partial charge is 4.00 e. The third-order valence-electron chi connectivity index (χ3n) is 3.50. The van der Waals surface area contributed by atoms with Crippen LogP contribution >= 0.6 is 0 Å². The van der Waals surface area contributed by atoms with Gasteiger partial charge in [-0.1, -0.05) is 138 Å². The van der Waals surface area contributed by atoms with Gasteiger partial charge in [-0.05, 0) is 0 Å². The quantitative estimate of drug-likeness (QED) is 0.285. The van der Waals surface area contributed by atoms with Crippen LogP contribution in [0.5, 0.6) is 0 Å². The molecule has 0 unspecified atom stereocenters. The maximum atomic E-state index is 10.2. The van der Waals surface area contributed by atoms with Crippen LogP contribution in [0.2, 0.25) is 0 Å². The van der Waals surface area contributed by atoms with Gasteiger partial charge >= 0.3 is 21.7 Å². The molecule has 0 amide bonds. The molecule has 0 aromatic rings. The maximum Gasteiger partial charge on any atom is 4.00 e. The minimum atomic E-state index is -0.417. The van der Waals surface area contributed by atoms with Crippen LogP contribution in [0.25, 0.3) is 0 Å². The molecule has 0 aromatic carbocycles. The van der Waals surface area contributed by atoms with Crippen LogP contribution in [0, 0.1) is 0 Å². The summed E-state index contributed by atoms with van der Waals surface area (Å²) in [6, 6.07) is 0. The Bertz CT molecular complexity index is 201. The van der Waals surface area contributed by atoms with Crippen molar-refractivity contribution in [2.75, 3.05) is 6.61 Å². The monoisotopic (exact) mass is 466 g/mol. The Hall–Kier alpha value is 0.554. The van der Waals surface area contributed by atoms with E-state index in [2.05, 4.69) is 6.92 Å². The average Bonchev–Trinajstić information content (AvgIpc) is 2.57. The van der Waals surface area contributed by atoms with E-state index < -0.39 is 18.3 Å². The Morgan fingerprint density at radius 1 is 0.433 bits per heavy atom. The van der Waals surface area contributed by atoms with Gasteiger partial charge in [-0.2, -0.15) is 0 Å². The molecule has 182 valence electrons. The van der Waals surface area contributed by atoms with Gasteiger partial charge in [-0.15, -0.1) is 24.9 Å². The van der Waals surface area contributed by atoms with Crippen LogP contribution in [0.4, 0.5) is 0 Å². The fourth-order valence-electron chi connectivity index (χ4n) is 2.30. The zero-order valence-corrected chi connectivity index (χ0v) is 23.0. The molecule has 0 aromatic heterocycles. The number of hydrogen-bond acceptors (Lipinski definition) is 4. The van der Waals surface area contributed by atoms with Gasteiger partial charge in [-0.25, -0.2) is 0 Å². The van der Waals surface area contributed by atoms with E-state index in [1.807, 2.05) is 0 Å². The first-order valence-corrected chi connectivity index (χ1v) is 12.2. The van der Waals surface area contributed by atoms with Crippen molar-refractivity contribution < 1.29 is 42.1 Å². The Morgan fingerprint density at radius 2 is 0.600 bits per heavy atom. The molecule has 0 spiro atoms. The van der Waals surface area contributed by atoms with E-state index in [1.54, 1.807) is 41.5 Å². The minimum Gasteiger partial charge on any atom is -0.854 e. The molecule has 0 atom stereocenters. The summed E-state index contributed by atoms with van der Waals surface area (Å²) in [7, 11) is 0. The zero-order chi connectivity index (χ0) is 23.3. The minimum absolute atomic E-state index is 0. The van der Waals surface area contributed by atoms with Gasteiger partial charge in [0.1, 0.15) is 0 Å². The molecule has 0 rings (SSSR count). The first-order chi connectivity index (χ1) is 13.6. The first kappa shape index (κ1) is 40.9. The van der Waals surface area contributed by atoms with Crippen LogP contribution < -0.4 is 20.4 Å². The van der Waals surface area contributed by atoms with Gasteiger partial charge in [0.25, 0.3) is 0 Å². The van der Waals surface area contributed by atoms with Crippen molar-refractivity contribution in [1.82, 2.24) is 0 Å². The summed E-state index contributed by atoms with van der Waals surface area (Å²) in [5, 5.41) is 38.8. The summed E-state index contributed by atoms with van der Waals surface area (Å²) in [5.74, 6) is 0. The molecule has 0 aliphatic carbocycles. The van der Waals surface area contributed by atoms with E-state index in [0.29, 0.717) is 0 Å². The number of rotatable bonds is 14. The summed E-state index contributed by atoms with van der Waals surface area (Å²) in [5.41, 5.74) is 0. The van der Waals surface area contributed by atoms with Crippen LogP contribution in [0.15, 0.2) is 0 Å². The van der Waals surface area contributed by atoms with Crippen molar-refractivity contribution in [2.45, 2.75) is 157 Å². The number of hydrogen-bond donors (Lipinski definition) is 0. The van der Waals surface area contributed by atoms with Crippen LogP contribution in [-0.4, -0.2) is 24.9 Å². The summed E-state index contributed by atoms with van der Waals surface area (Å²) < 4.78 is 0. The zero-order valence-electron chi connectivity index (χ0n) is 21.5. The Labute approximate surface area is 205 Å². The summed E-state index contributed by atoms with van der Waals surface area (Å²) in [4.78, 5) is 0. The molecule has 0 saturated heterocycles. The van der Waals surface area contributed by atoms with Crippen molar-refractivity contribution in [1.29, 1.82) is 0 Å². The van der Waals surface area contributed by atoms with Gasteiger partial charge in [-0.3, -0.25) is 0 Å². The smallest absolute Gasteiger partial charge is 0.854 e. The van der Waals surface area contributed by atoms with Crippen molar-refractivity contribution in [2.24, 2.45) is 0 Å². The van der Waals surface area contributed by atoms with Gasteiger partial charge in [0.15, 0.2) is 0 Å². The molecular weight excluding hydrogens is 412 g/mol. The normalized spacial score (nSPS) is 9.80. The van der Waals surface area contributed by atoms with Gasteiger partial charge in [0.2, 0.25) is 0 Å². The van der Waals surface area contributed by atoms with Gasteiger partial charge in [0, 0.05) is 0 Å². The predicted molar refractivity (Wildman–Crippen MR) is 121 cm³/mol. The molecule has 0 N–H and O–H groups in total. The number of unbranched alkanes of at least 4 members (excludes halogenated alkanes) is 13. The van der Waals surface area contributed by atoms with E-state index in [0.717, 1.165) is 12.8 Å². The van der Waals surface area contributed by atoms with Crippen molar-refractivity contribution in [3.63, 3.8) is 0 Å². The van der Waals surface area contributed by atoms with E-state index in [-0.39, 0.29) is 28.3 Å². The topological polar surface area (TPSA) is 92.2 Å². The Balaban J connectivity index is -0.000000131. The Kier molecular flexibility index (Phi) is 54.4. The summed E-state index contributed by atoms with van der Waals surface area (Å²) >= 11 is 0. The summed E-state index contributed by atoms with van der Waals surface area (Å²) in [6.07, 6.45) is 17.6. The molecule has 0 fully saturated rings. The third kappa shape index (κ3) is 102. The molecule has 4 nitrogen and oxygen atoms in total. The van der Waals surface area contributed by atoms with Crippen molar-refractivity contribution >= 4 is 0 Å². The van der Waals surface area contributed by atoms with Gasteiger partial charge in [0.05, 0.1) is 0 Å². The molecule has 0 saturated carbocycles. The summed E-state index contributed by atoms with van der Waals surface area (Å²) in [6.45, 7) is 12.1. The second kappa shape index (κ2) is 40.0. The SMILES string of the molecule is CC(C)[O-].CC(C)[O-].CC(C)[O-].CCCCCCCCCCCCCCCC[O-].[Ti+4]. The van der Waals surface area contributed by atoms with Crippen molar-refractivity contribution in [3.8, 4) is 0 Å². The molecule has 5 heteroatoms. The van der Waals surface area contributed by atoms with E-state index in [1.165, 1.54) is 77.0 Å². The van der Waals surface area contributed by atoms with E-state index in [4.69, 9.17) is 0 Å². The Morgan fingerprint density at radius 3 is 0.767 bits per heavy atom. The maximum absolute atomic E-state index is 10.2. The van der Waals surface area contributed by atoms with E-state index >= 15 is 0 Å². The molecule has 0 heterocycles. The second-order valence-electron chi connectivity index (χ2n) is 8.45. The van der Waals surface area contributed by atoms with Crippen LogP contribution in [0.3, 0.4) is 0 Å². The van der Waals surface area contributed by atoms with E-state index in [9.17, 15) is 20.4 Å². The molecule has 0 aliphatic rings. The van der Waals surface area contributed by atoms with Crippen LogP contribution in [0.1, 0.15) is 138 Å². The first-order valence-electron chi connectivity index (χ1n) is 12.2.